The molecule has 3 fully saturated rings. The van der Waals surface area contributed by atoms with Crippen LogP contribution in [0.5, 0.6) is 5.75 Å². The van der Waals surface area contributed by atoms with E-state index in [1.165, 1.54) is 6.42 Å². The number of ether oxygens (including phenoxy) is 1. The van der Waals surface area contributed by atoms with Crippen molar-refractivity contribution in [3.8, 4) is 5.75 Å². The average Bonchev–Trinajstić information content (AvgIpc) is 3.18. The van der Waals surface area contributed by atoms with E-state index in [4.69, 9.17) is 10.5 Å². The van der Waals surface area contributed by atoms with Crippen molar-refractivity contribution >= 4 is 11.9 Å². The molecule has 1 amide bonds. The van der Waals surface area contributed by atoms with Gasteiger partial charge in [0.25, 0.3) is 0 Å². The first-order valence-electron chi connectivity index (χ1n) is 10.3. The van der Waals surface area contributed by atoms with Crippen LogP contribution in [0.4, 0.5) is 5.95 Å². The van der Waals surface area contributed by atoms with Crippen LogP contribution in [0.15, 0.2) is 12.4 Å². The molecule has 0 unspecified atom stereocenters. The minimum Gasteiger partial charge on any atom is -0.494 e. The lowest BCUT2D eigenvalue weighted by molar-refractivity contribution is -0.145. The number of amides is 1. The molecule has 6 atom stereocenters. The maximum Gasteiger partial charge on any atom is 0.226 e. The number of nitrogens with zero attached hydrogens (tertiary/aromatic N) is 4. The minimum atomic E-state index is -0.617. The molecule has 4 rings (SSSR count). The van der Waals surface area contributed by atoms with Gasteiger partial charge in [0.1, 0.15) is 0 Å². The molecule has 8 nitrogen and oxygen atoms in total. The molecule has 1 aromatic heterocycles. The van der Waals surface area contributed by atoms with Gasteiger partial charge in [-0.1, -0.05) is 6.92 Å². The molecule has 2 aliphatic heterocycles. The van der Waals surface area contributed by atoms with Crippen LogP contribution in [0, 0.1) is 23.7 Å². The molecule has 1 aromatic rings. The maximum absolute atomic E-state index is 13.4. The molecule has 28 heavy (non-hydrogen) atoms. The Bertz CT molecular complexity index is 694. The smallest absolute Gasteiger partial charge is 0.226 e. The van der Waals surface area contributed by atoms with Crippen molar-refractivity contribution < 1.29 is 14.6 Å². The predicted octanol–water partition coefficient (Wildman–Crippen LogP) is 0.504. The highest BCUT2D eigenvalue weighted by atomic mass is 16.5. The zero-order chi connectivity index (χ0) is 19.8. The zero-order valence-corrected chi connectivity index (χ0v) is 16.7. The molecule has 1 saturated carbocycles. The molecule has 8 heteroatoms. The number of likely N-dealkylation sites (tertiary alicyclic amines) is 1. The fourth-order valence-electron chi connectivity index (χ4n) is 5.30. The number of nitrogens with two attached hydrogens (primary N) is 1. The van der Waals surface area contributed by atoms with Gasteiger partial charge in [-0.15, -0.1) is 0 Å². The van der Waals surface area contributed by atoms with Crippen molar-refractivity contribution in [2.24, 2.45) is 29.4 Å². The SMILES string of the molecule is COc1cnc(N2C[C@@H]3[C@H](O)[C@@H](N)[C@H](C)[C@H](C(=O)N4CCCCC4)[C@H]3C2)nc1. The van der Waals surface area contributed by atoms with E-state index in [-0.39, 0.29) is 29.6 Å². The second-order valence-corrected chi connectivity index (χ2v) is 8.49. The molecule has 2 saturated heterocycles. The summed E-state index contributed by atoms with van der Waals surface area (Å²) in [5.74, 6) is 1.22. The minimum absolute atomic E-state index is 0.0457. The van der Waals surface area contributed by atoms with E-state index in [0.717, 1.165) is 25.9 Å². The number of hydrogen-bond donors (Lipinski definition) is 2. The number of carbonyl (C=O) groups is 1. The van der Waals surface area contributed by atoms with Crippen LogP contribution in [0.3, 0.4) is 0 Å². The summed E-state index contributed by atoms with van der Waals surface area (Å²) in [6, 6.07) is -0.392. The van der Waals surface area contributed by atoms with E-state index < -0.39 is 12.1 Å². The number of rotatable bonds is 3. The molecule has 3 aliphatic rings. The third-order valence-corrected chi connectivity index (χ3v) is 6.97. The highest BCUT2D eigenvalue weighted by Gasteiger charge is 2.54. The van der Waals surface area contributed by atoms with E-state index in [2.05, 4.69) is 14.9 Å². The summed E-state index contributed by atoms with van der Waals surface area (Å²) in [5, 5.41) is 10.8. The molecule has 0 radical (unpaired) electrons. The largest absolute Gasteiger partial charge is 0.494 e. The fraction of sp³-hybridized carbons (Fsp3) is 0.750. The second-order valence-electron chi connectivity index (χ2n) is 8.49. The van der Waals surface area contributed by atoms with Crippen molar-refractivity contribution in [2.45, 2.75) is 38.3 Å². The number of hydrogen-bond acceptors (Lipinski definition) is 7. The summed E-state index contributed by atoms with van der Waals surface area (Å²) in [4.78, 5) is 26.3. The summed E-state index contributed by atoms with van der Waals surface area (Å²) in [7, 11) is 1.58. The van der Waals surface area contributed by atoms with Crippen molar-refractivity contribution in [1.29, 1.82) is 0 Å². The Hall–Kier alpha value is -1.93. The van der Waals surface area contributed by atoms with Crippen LogP contribution in [0.25, 0.3) is 0 Å². The quantitative estimate of drug-likeness (QED) is 0.776. The third kappa shape index (κ3) is 3.33. The Morgan fingerprint density at radius 3 is 2.46 bits per heavy atom. The maximum atomic E-state index is 13.4. The van der Waals surface area contributed by atoms with Crippen LogP contribution in [-0.4, -0.2) is 71.3 Å². The van der Waals surface area contributed by atoms with Crippen LogP contribution in [-0.2, 0) is 4.79 Å². The first kappa shape index (κ1) is 19.4. The lowest BCUT2D eigenvalue weighted by Crippen LogP contribution is -2.59. The summed E-state index contributed by atoms with van der Waals surface area (Å²) >= 11 is 0. The molecular weight excluding hydrogens is 358 g/mol. The van der Waals surface area contributed by atoms with Gasteiger partial charge in [-0.05, 0) is 31.1 Å². The zero-order valence-electron chi connectivity index (χ0n) is 16.7. The van der Waals surface area contributed by atoms with Gasteiger partial charge in [-0.25, -0.2) is 9.97 Å². The molecule has 0 bridgehead atoms. The van der Waals surface area contributed by atoms with Crippen LogP contribution in [0.1, 0.15) is 26.2 Å². The molecule has 3 heterocycles. The van der Waals surface area contributed by atoms with Gasteiger partial charge in [0.15, 0.2) is 5.75 Å². The number of fused-ring (bicyclic) bond motifs is 1. The number of aliphatic hydroxyl groups is 1. The number of carbonyl (C=O) groups excluding carboxylic acids is 1. The Labute approximate surface area is 166 Å². The van der Waals surface area contributed by atoms with Crippen molar-refractivity contribution in [1.82, 2.24) is 14.9 Å². The number of piperidine rings is 1. The lowest BCUT2D eigenvalue weighted by atomic mass is 9.64. The molecular formula is C20H31N5O3. The van der Waals surface area contributed by atoms with Gasteiger partial charge in [0, 0.05) is 44.1 Å². The number of anilines is 1. The molecule has 154 valence electrons. The van der Waals surface area contributed by atoms with Gasteiger partial charge in [0.2, 0.25) is 11.9 Å². The number of aliphatic hydroxyl groups excluding tert-OH is 1. The topological polar surface area (TPSA) is 105 Å². The summed E-state index contributed by atoms with van der Waals surface area (Å²) in [6.45, 7) is 4.96. The van der Waals surface area contributed by atoms with Crippen molar-refractivity contribution in [3.05, 3.63) is 12.4 Å². The van der Waals surface area contributed by atoms with Crippen LogP contribution < -0.4 is 15.4 Å². The first-order valence-corrected chi connectivity index (χ1v) is 10.3. The summed E-state index contributed by atoms with van der Waals surface area (Å²) < 4.78 is 5.14. The standard InChI is InChI=1S/C20H31N5O3/c1-12-16(19(27)24-6-4-3-5-7-24)14-10-25(11-15(14)18(26)17(12)21)20-22-8-13(28-2)9-23-20/h8-9,12,14-18,26H,3-7,10-11,21H2,1-2H3/t12-,14+,15+,16+,17+,18+/m1/s1. The Kier molecular flexibility index (Phi) is 5.42. The van der Waals surface area contributed by atoms with E-state index in [1.807, 2.05) is 11.8 Å². The summed E-state index contributed by atoms with van der Waals surface area (Å²) in [5.41, 5.74) is 6.37. The number of aromatic nitrogens is 2. The normalized spacial score (nSPS) is 35.6. The predicted molar refractivity (Wildman–Crippen MR) is 105 cm³/mol. The first-order chi connectivity index (χ1) is 13.5. The van der Waals surface area contributed by atoms with Crippen molar-refractivity contribution in [3.63, 3.8) is 0 Å². The second kappa shape index (κ2) is 7.83. The van der Waals surface area contributed by atoms with E-state index >= 15 is 0 Å². The van der Waals surface area contributed by atoms with E-state index in [0.29, 0.717) is 24.8 Å². The highest BCUT2D eigenvalue weighted by molar-refractivity contribution is 5.80. The van der Waals surface area contributed by atoms with Gasteiger partial charge >= 0.3 is 0 Å². The van der Waals surface area contributed by atoms with Crippen molar-refractivity contribution in [2.75, 3.05) is 38.2 Å². The summed E-state index contributed by atoms with van der Waals surface area (Å²) in [6.07, 6.45) is 6.00. The Balaban J connectivity index is 1.57. The number of methoxy groups -OCH3 is 1. The third-order valence-electron chi connectivity index (χ3n) is 6.97. The van der Waals surface area contributed by atoms with Gasteiger partial charge in [-0.2, -0.15) is 0 Å². The van der Waals surface area contributed by atoms with Crippen LogP contribution in [0.2, 0.25) is 0 Å². The monoisotopic (exact) mass is 389 g/mol. The highest BCUT2D eigenvalue weighted by Crippen LogP contribution is 2.44. The Morgan fingerprint density at radius 2 is 1.82 bits per heavy atom. The molecule has 3 N–H and O–H groups in total. The molecule has 1 aliphatic carbocycles. The fourth-order valence-corrected chi connectivity index (χ4v) is 5.30. The molecule has 0 aromatic carbocycles. The average molecular weight is 390 g/mol. The van der Waals surface area contributed by atoms with Gasteiger partial charge in [0.05, 0.1) is 25.6 Å². The molecule has 0 spiro atoms. The lowest BCUT2D eigenvalue weighted by Gasteiger charge is -2.45. The van der Waals surface area contributed by atoms with Gasteiger partial charge in [-0.3, -0.25) is 4.79 Å². The van der Waals surface area contributed by atoms with E-state index in [9.17, 15) is 9.90 Å². The van der Waals surface area contributed by atoms with Crippen LogP contribution >= 0.6 is 0 Å². The van der Waals surface area contributed by atoms with Gasteiger partial charge < -0.3 is 25.4 Å². The Morgan fingerprint density at radius 1 is 1.18 bits per heavy atom. The van der Waals surface area contributed by atoms with E-state index in [1.54, 1.807) is 19.5 Å².